The summed E-state index contributed by atoms with van der Waals surface area (Å²) < 4.78 is 5.38. The molecule has 4 heterocycles. The number of aromatic nitrogens is 1. The van der Waals surface area contributed by atoms with Crippen LogP contribution < -0.4 is 10.2 Å². The number of hydrogen-bond acceptors (Lipinski definition) is 5. The van der Waals surface area contributed by atoms with E-state index in [0.29, 0.717) is 18.7 Å². The van der Waals surface area contributed by atoms with E-state index in [-0.39, 0.29) is 17.6 Å². The average molecular weight is 481 g/mol. The number of amides is 2. The minimum absolute atomic E-state index is 0.222. The second kappa shape index (κ2) is 9.49. The predicted molar refractivity (Wildman–Crippen MR) is 139 cm³/mol. The summed E-state index contributed by atoms with van der Waals surface area (Å²) in [5.74, 6) is -0.283. The zero-order valence-corrected chi connectivity index (χ0v) is 20.0. The summed E-state index contributed by atoms with van der Waals surface area (Å²) in [6.45, 7) is 2.42. The van der Waals surface area contributed by atoms with Crippen LogP contribution in [0.5, 0.6) is 0 Å². The molecule has 7 heteroatoms. The molecule has 1 atom stereocenters. The first kappa shape index (κ1) is 22.3. The largest absolute Gasteiger partial charge is 0.459 e. The van der Waals surface area contributed by atoms with Gasteiger partial charge in [0, 0.05) is 54.9 Å². The third-order valence-electron chi connectivity index (χ3n) is 7.29. The van der Waals surface area contributed by atoms with Crippen molar-refractivity contribution in [3.8, 4) is 0 Å². The number of furan rings is 1. The Hall–Kier alpha value is -4.13. The van der Waals surface area contributed by atoms with Crippen molar-refractivity contribution in [3.63, 3.8) is 0 Å². The van der Waals surface area contributed by atoms with Gasteiger partial charge in [-0.1, -0.05) is 24.3 Å². The highest BCUT2D eigenvalue weighted by Gasteiger charge is 2.36. The number of benzene rings is 2. The molecule has 0 aliphatic carbocycles. The van der Waals surface area contributed by atoms with Gasteiger partial charge in [-0.25, -0.2) is 0 Å². The van der Waals surface area contributed by atoms with Gasteiger partial charge in [0.25, 0.3) is 5.91 Å². The highest BCUT2D eigenvalue weighted by atomic mass is 16.3. The Balaban J connectivity index is 1.32. The summed E-state index contributed by atoms with van der Waals surface area (Å²) in [6.07, 6.45) is 9.16. The molecule has 1 saturated heterocycles. The fourth-order valence-electron chi connectivity index (χ4n) is 5.42. The van der Waals surface area contributed by atoms with Crippen LogP contribution in [0.4, 0.5) is 11.4 Å². The first-order chi connectivity index (χ1) is 17.7. The summed E-state index contributed by atoms with van der Waals surface area (Å²) in [6, 6.07) is 16.7. The summed E-state index contributed by atoms with van der Waals surface area (Å²) in [5.41, 5.74) is 3.99. The number of fused-ring (bicyclic) bond motifs is 2. The fourth-order valence-corrected chi connectivity index (χ4v) is 5.42. The van der Waals surface area contributed by atoms with E-state index in [0.717, 1.165) is 35.0 Å². The lowest BCUT2D eigenvalue weighted by molar-refractivity contribution is -0.121. The maximum atomic E-state index is 13.7. The molecule has 6 rings (SSSR count). The van der Waals surface area contributed by atoms with Crippen molar-refractivity contribution < 1.29 is 14.0 Å². The Morgan fingerprint density at radius 3 is 2.56 bits per heavy atom. The predicted octanol–water partition coefficient (Wildman–Crippen LogP) is 5.02. The van der Waals surface area contributed by atoms with Gasteiger partial charge in [0.15, 0.2) is 5.76 Å². The van der Waals surface area contributed by atoms with Crippen LogP contribution in [0.15, 0.2) is 77.7 Å². The van der Waals surface area contributed by atoms with Gasteiger partial charge in [-0.15, -0.1) is 0 Å². The average Bonchev–Trinajstić information content (AvgIpc) is 3.48. The Bertz CT molecular complexity index is 1410. The van der Waals surface area contributed by atoms with Crippen molar-refractivity contribution in [2.24, 2.45) is 0 Å². The van der Waals surface area contributed by atoms with Crippen LogP contribution in [0.2, 0.25) is 0 Å². The molecule has 2 aromatic carbocycles. The Morgan fingerprint density at radius 1 is 0.917 bits per heavy atom. The monoisotopic (exact) mass is 480 g/mol. The van der Waals surface area contributed by atoms with Crippen molar-refractivity contribution in [2.45, 2.75) is 38.3 Å². The zero-order valence-electron chi connectivity index (χ0n) is 20.0. The van der Waals surface area contributed by atoms with E-state index in [1.54, 1.807) is 29.4 Å². The van der Waals surface area contributed by atoms with E-state index >= 15 is 0 Å². The van der Waals surface area contributed by atoms with Gasteiger partial charge in [-0.2, -0.15) is 0 Å². The maximum Gasteiger partial charge on any atom is 0.290 e. The van der Waals surface area contributed by atoms with Crippen LogP contribution in [0.1, 0.15) is 40.9 Å². The van der Waals surface area contributed by atoms with Crippen LogP contribution in [-0.2, 0) is 17.8 Å². The van der Waals surface area contributed by atoms with Crippen molar-refractivity contribution >= 4 is 34.0 Å². The second-order valence-corrected chi connectivity index (χ2v) is 9.49. The molecular weight excluding hydrogens is 452 g/mol. The van der Waals surface area contributed by atoms with Crippen molar-refractivity contribution in [2.75, 3.05) is 23.3 Å². The van der Waals surface area contributed by atoms with Gasteiger partial charge in [-0.3, -0.25) is 14.6 Å². The number of hydrogen-bond donors (Lipinski definition) is 1. The quantitative estimate of drug-likeness (QED) is 0.444. The molecular formula is C29H28N4O3. The second-order valence-electron chi connectivity index (χ2n) is 9.49. The van der Waals surface area contributed by atoms with Gasteiger partial charge in [0.1, 0.15) is 6.04 Å². The van der Waals surface area contributed by atoms with Gasteiger partial charge in [0.05, 0.1) is 12.0 Å². The van der Waals surface area contributed by atoms with Gasteiger partial charge >= 0.3 is 0 Å². The van der Waals surface area contributed by atoms with E-state index in [1.165, 1.54) is 31.2 Å². The zero-order chi connectivity index (χ0) is 24.5. The number of carbonyl (C=O) groups excluding carboxylic acids is 2. The van der Waals surface area contributed by atoms with E-state index in [2.05, 4.69) is 21.3 Å². The molecule has 2 aromatic heterocycles. The van der Waals surface area contributed by atoms with Crippen LogP contribution in [-0.4, -0.2) is 40.8 Å². The number of nitrogens with one attached hydrogen (secondary N) is 1. The maximum absolute atomic E-state index is 13.7. The highest BCUT2D eigenvalue weighted by Crippen LogP contribution is 2.34. The van der Waals surface area contributed by atoms with Crippen LogP contribution in [0.3, 0.4) is 0 Å². The molecule has 4 aromatic rings. The third-order valence-corrected chi connectivity index (χ3v) is 7.29. The molecule has 0 saturated carbocycles. The molecule has 0 radical (unpaired) electrons. The van der Waals surface area contributed by atoms with Gasteiger partial charge < -0.3 is 19.5 Å². The van der Waals surface area contributed by atoms with Crippen molar-refractivity contribution in [3.05, 3.63) is 90.1 Å². The standard InChI is InChI=1S/C29H28N4O3/c34-28(26-17-20-7-2-3-8-21(20)19-33(26)29(35)27-9-6-16-36-27)31-24-10-11-25(32-14-4-1-5-15-32)22-12-13-30-18-23(22)24/h2-3,6-13,16,18,26H,1,4-5,14-15,17,19H2,(H,31,34). The lowest BCUT2D eigenvalue weighted by atomic mass is 9.93. The molecule has 36 heavy (non-hydrogen) atoms. The Labute approximate surface area is 209 Å². The fraction of sp³-hybridized carbons (Fsp3) is 0.276. The van der Waals surface area contributed by atoms with Crippen molar-refractivity contribution in [1.29, 1.82) is 0 Å². The summed E-state index contributed by atoms with van der Waals surface area (Å²) >= 11 is 0. The molecule has 0 spiro atoms. The summed E-state index contributed by atoms with van der Waals surface area (Å²) in [5, 5.41) is 5.09. The highest BCUT2D eigenvalue weighted by molar-refractivity contribution is 6.08. The first-order valence-electron chi connectivity index (χ1n) is 12.5. The van der Waals surface area contributed by atoms with Gasteiger partial charge in [0.2, 0.25) is 5.91 Å². The van der Waals surface area contributed by atoms with E-state index < -0.39 is 6.04 Å². The Kier molecular flexibility index (Phi) is 5.89. The van der Waals surface area contributed by atoms with E-state index in [9.17, 15) is 9.59 Å². The normalized spacial score (nSPS) is 17.6. The Morgan fingerprint density at radius 2 is 1.75 bits per heavy atom. The van der Waals surface area contributed by atoms with Crippen LogP contribution >= 0.6 is 0 Å². The van der Waals surface area contributed by atoms with E-state index in [4.69, 9.17) is 4.42 Å². The number of carbonyl (C=O) groups is 2. The number of anilines is 2. The molecule has 182 valence electrons. The summed E-state index contributed by atoms with van der Waals surface area (Å²) in [4.78, 5) is 35.4. The van der Waals surface area contributed by atoms with Crippen molar-refractivity contribution in [1.82, 2.24) is 9.88 Å². The lowest BCUT2D eigenvalue weighted by Gasteiger charge is -2.35. The summed E-state index contributed by atoms with van der Waals surface area (Å²) in [7, 11) is 0. The van der Waals surface area contributed by atoms with E-state index in [1.807, 2.05) is 36.4 Å². The topological polar surface area (TPSA) is 78.7 Å². The number of pyridine rings is 1. The minimum atomic E-state index is -0.661. The number of piperidine rings is 1. The number of nitrogens with zero attached hydrogens (tertiary/aromatic N) is 3. The van der Waals surface area contributed by atoms with Gasteiger partial charge in [-0.05, 0) is 60.7 Å². The molecule has 2 amide bonds. The molecule has 1 unspecified atom stereocenters. The molecule has 0 bridgehead atoms. The smallest absolute Gasteiger partial charge is 0.290 e. The number of rotatable bonds is 4. The SMILES string of the molecule is O=C(Nc1ccc(N2CCCCC2)c2ccncc12)C1Cc2ccccc2CN1C(=O)c1ccco1. The van der Waals surface area contributed by atoms with Crippen LogP contribution in [0, 0.1) is 0 Å². The molecule has 2 aliphatic rings. The first-order valence-corrected chi connectivity index (χ1v) is 12.5. The third kappa shape index (κ3) is 4.11. The molecule has 2 aliphatic heterocycles. The lowest BCUT2D eigenvalue weighted by Crippen LogP contribution is -2.50. The molecule has 7 nitrogen and oxygen atoms in total. The molecule has 1 fully saturated rings. The minimum Gasteiger partial charge on any atom is -0.459 e. The molecule has 1 N–H and O–H groups in total. The van der Waals surface area contributed by atoms with Crippen LogP contribution in [0.25, 0.3) is 10.8 Å².